The van der Waals surface area contributed by atoms with E-state index in [9.17, 15) is 9.59 Å². The molecule has 0 atom stereocenters. The van der Waals surface area contributed by atoms with Crippen LogP contribution >= 0.6 is 0 Å². The molecule has 14 heavy (non-hydrogen) atoms. The van der Waals surface area contributed by atoms with Crippen molar-refractivity contribution in [2.75, 3.05) is 12.3 Å². The molecule has 1 rings (SSSR count). The molecular weight excluding hydrogens is 190 g/mol. The van der Waals surface area contributed by atoms with Crippen molar-refractivity contribution in [2.24, 2.45) is 0 Å². The largest absolute Gasteiger partial charge is 0.463 e. The van der Waals surface area contributed by atoms with E-state index in [0.29, 0.717) is 4.68 Å². The number of anilines is 1. The number of hydrogen-bond donors (Lipinski definition) is 2. The first kappa shape index (κ1) is 10.0. The van der Waals surface area contributed by atoms with E-state index in [-0.39, 0.29) is 18.0 Å². The van der Waals surface area contributed by atoms with Crippen LogP contribution in [0.25, 0.3) is 0 Å². The number of carbonyl (C=O) groups excluding carboxylic acids is 1. The van der Waals surface area contributed by atoms with Gasteiger partial charge in [0, 0.05) is 0 Å². The zero-order valence-electron chi connectivity index (χ0n) is 7.43. The topological polar surface area (TPSA) is 107 Å². The summed E-state index contributed by atoms with van der Waals surface area (Å²) in [7, 11) is 0. The lowest BCUT2D eigenvalue weighted by Crippen LogP contribution is -2.08. The van der Waals surface area contributed by atoms with Crippen LogP contribution in [0.3, 0.4) is 0 Å². The zero-order valence-corrected chi connectivity index (χ0v) is 7.43. The number of hydrogen-bond acceptors (Lipinski definition) is 5. The number of nitrogen functional groups attached to an aromatic ring is 1. The Morgan fingerprint density at radius 1 is 1.71 bits per heavy atom. The number of nitrogens with two attached hydrogens (primary N) is 1. The van der Waals surface area contributed by atoms with Crippen LogP contribution in [0.2, 0.25) is 0 Å². The highest BCUT2D eigenvalue weighted by atomic mass is 16.5. The second-order valence-corrected chi connectivity index (χ2v) is 2.38. The molecule has 1 aromatic rings. The summed E-state index contributed by atoms with van der Waals surface area (Å²) < 4.78 is 5.19. The maximum absolute atomic E-state index is 11.2. The van der Waals surface area contributed by atoms with E-state index in [0.717, 1.165) is 6.20 Å². The minimum Gasteiger partial charge on any atom is -0.463 e. The molecule has 0 bridgehead atoms. The number of ether oxygens (including phenoxy) is 1. The average molecular weight is 199 g/mol. The molecule has 3 N–H and O–H groups in total. The van der Waals surface area contributed by atoms with E-state index >= 15 is 0 Å². The van der Waals surface area contributed by atoms with Crippen molar-refractivity contribution in [3.8, 4) is 0 Å². The van der Waals surface area contributed by atoms with Crippen LogP contribution in [-0.4, -0.2) is 33.6 Å². The summed E-state index contributed by atoms with van der Waals surface area (Å²) in [6, 6.07) is 0. The Morgan fingerprint density at radius 2 is 2.36 bits per heavy atom. The van der Waals surface area contributed by atoms with Crippen LogP contribution in [0.15, 0.2) is 6.20 Å². The van der Waals surface area contributed by atoms with Gasteiger partial charge in [-0.25, -0.2) is 9.59 Å². The molecule has 0 amide bonds. The van der Waals surface area contributed by atoms with Crippen molar-refractivity contribution in [2.45, 2.75) is 6.92 Å². The lowest BCUT2D eigenvalue weighted by atomic mass is 10.3. The zero-order chi connectivity index (χ0) is 10.7. The van der Waals surface area contributed by atoms with Crippen molar-refractivity contribution in [3.63, 3.8) is 0 Å². The summed E-state index contributed by atoms with van der Waals surface area (Å²) in [5.74, 6) is -0.844. The smallest absolute Gasteiger partial charge is 0.432 e. The molecule has 0 aliphatic carbocycles. The lowest BCUT2D eigenvalue weighted by molar-refractivity contribution is 0.0527. The van der Waals surface area contributed by atoms with Gasteiger partial charge in [-0.15, -0.1) is 5.10 Å². The monoisotopic (exact) mass is 199 g/mol. The predicted octanol–water partition coefficient (Wildman–Crippen LogP) is 0.168. The lowest BCUT2D eigenvalue weighted by Gasteiger charge is -1.97. The number of carboxylic acid groups (broad SMARTS) is 1. The Hall–Kier alpha value is -2.05. The molecule has 1 aromatic heterocycles. The van der Waals surface area contributed by atoms with E-state index in [1.54, 1.807) is 6.92 Å². The van der Waals surface area contributed by atoms with Gasteiger partial charge < -0.3 is 15.6 Å². The van der Waals surface area contributed by atoms with Gasteiger partial charge in [0.15, 0.2) is 5.82 Å². The minimum atomic E-state index is -1.31. The molecular formula is C7H9N3O4. The second kappa shape index (κ2) is 3.77. The van der Waals surface area contributed by atoms with Gasteiger partial charge in [-0.2, -0.15) is 4.68 Å². The van der Waals surface area contributed by atoms with Gasteiger partial charge in [0.2, 0.25) is 0 Å². The molecule has 7 heteroatoms. The van der Waals surface area contributed by atoms with E-state index in [1.165, 1.54) is 0 Å². The fourth-order valence-corrected chi connectivity index (χ4v) is 0.851. The molecule has 0 aromatic carbocycles. The van der Waals surface area contributed by atoms with Gasteiger partial charge in [0.1, 0.15) is 5.56 Å². The molecule has 7 nitrogen and oxygen atoms in total. The summed E-state index contributed by atoms with van der Waals surface area (Å²) >= 11 is 0. The third kappa shape index (κ3) is 1.82. The number of nitrogens with zero attached hydrogens (tertiary/aromatic N) is 2. The van der Waals surface area contributed by atoms with Crippen LogP contribution in [0.1, 0.15) is 17.3 Å². The summed E-state index contributed by atoms with van der Waals surface area (Å²) in [6.07, 6.45) is -0.303. The first-order valence-electron chi connectivity index (χ1n) is 3.81. The fraction of sp³-hybridized carbons (Fsp3) is 0.286. The fourth-order valence-electron chi connectivity index (χ4n) is 0.851. The summed E-state index contributed by atoms with van der Waals surface area (Å²) in [6.45, 7) is 1.83. The maximum Gasteiger partial charge on any atom is 0.432 e. The Labute approximate surface area is 79.1 Å². The first-order chi connectivity index (χ1) is 6.56. The van der Waals surface area contributed by atoms with Crippen LogP contribution in [0, 0.1) is 0 Å². The van der Waals surface area contributed by atoms with Crippen LogP contribution in [0.5, 0.6) is 0 Å². The van der Waals surface area contributed by atoms with Crippen molar-refractivity contribution >= 4 is 17.9 Å². The molecule has 0 fully saturated rings. The molecule has 0 aliphatic rings. The van der Waals surface area contributed by atoms with E-state index in [4.69, 9.17) is 10.8 Å². The molecule has 0 unspecified atom stereocenters. The molecule has 1 heterocycles. The maximum atomic E-state index is 11.2. The molecule has 0 saturated heterocycles. The summed E-state index contributed by atoms with van der Waals surface area (Å²) in [4.78, 5) is 21.6. The van der Waals surface area contributed by atoms with Gasteiger partial charge >= 0.3 is 12.1 Å². The number of carbonyl (C=O) groups is 2. The third-order valence-electron chi connectivity index (χ3n) is 1.43. The molecule has 0 aliphatic heterocycles. The van der Waals surface area contributed by atoms with Gasteiger partial charge in [0.25, 0.3) is 0 Å². The quantitative estimate of drug-likeness (QED) is 0.657. The van der Waals surface area contributed by atoms with Crippen molar-refractivity contribution in [1.29, 1.82) is 0 Å². The number of rotatable bonds is 2. The Bertz CT molecular complexity index is 371. The summed E-state index contributed by atoms with van der Waals surface area (Å²) in [5.41, 5.74) is 5.27. The second-order valence-electron chi connectivity index (χ2n) is 2.38. The molecule has 0 spiro atoms. The average Bonchev–Trinajstić information content (AvgIpc) is 2.48. The third-order valence-corrected chi connectivity index (χ3v) is 1.43. The molecule has 76 valence electrons. The minimum absolute atomic E-state index is 0.0470. The standard InChI is InChI=1S/C7H9N3O4/c1-2-14-6(11)4-3-10(7(12)13)9-5(4)8/h3H,2H2,1H3,(H2,8,9)(H,12,13). The number of aromatic nitrogens is 2. The Kier molecular flexibility index (Phi) is 2.70. The molecule has 0 saturated carbocycles. The summed E-state index contributed by atoms with van der Waals surface area (Å²) in [5, 5.41) is 11.9. The highest BCUT2D eigenvalue weighted by molar-refractivity contribution is 5.94. The van der Waals surface area contributed by atoms with E-state index in [1.807, 2.05) is 0 Å². The Morgan fingerprint density at radius 3 is 2.79 bits per heavy atom. The van der Waals surface area contributed by atoms with E-state index < -0.39 is 12.1 Å². The normalized spacial score (nSPS) is 9.79. The first-order valence-corrected chi connectivity index (χ1v) is 3.81. The van der Waals surface area contributed by atoms with Gasteiger partial charge in [0.05, 0.1) is 12.8 Å². The van der Waals surface area contributed by atoms with Gasteiger partial charge in [-0.3, -0.25) is 0 Å². The molecule has 0 radical (unpaired) electrons. The van der Waals surface area contributed by atoms with Crippen molar-refractivity contribution in [3.05, 3.63) is 11.8 Å². The van der Waals surface area contributed by atoms with Crippen molar-refractivity contribution in [1.82, 2.24) is 9.78 Å². The van der Waals surface area contributed by atoms with Gasteiger partial charge in [-0.1, -0.05) is 0 Å². The van der Waals surface area contributed by atoms with Crippen LogP contribution in [-0.2, 0) is 4.74 Å². The number of esters is 1. The predicted molar refractivity (Wildman–Crippen MR) is 46.0 cm³/mol. The Balaban J connectivity index is 2.98. The van der Waals surface area contributed by atoms with E-state index in [2.05, 4.69) is 9.84 Å². The van der Waals surface area contributed by atoms with Crippen LogP contribution in [0.4, 0.5) is 10.6 Å². The van der Waals surface area contributed by atoms with Crippen molar-refractivity contribution < 1.29 is 19.4 Å². The highest BCUT2D eigenvalue weighted by Gasteiger charge is 2.17. The highest BCUT2D eigenvalue weighted by Crippen LogP contribution is 2.10. The SMILES string of the molecule is CCOC(=O)c1cn(C(=O)O)nc1N. The van der Waals surface area contributed by atoms with Crippen LogP contribution < -0.4 is 5.73 Å². The van der Waals surface area contributed by atoms with Gasteiger partial charge in [-0.05, 0) is 6.92 Å².